The van der Waals surface area contributed by atoms with Gasteiger partial charge in [0, 0.05) is 37.5 Å². The summed E-state index contributed by atoms with van der Waals surface area (Å²) < 4.78 is 45.5. The van der Waals surface area contributed by atoms with Gasteiger partial charge in [0.05, 0.1) is 31.4 Å². The summed E-state index contributed by atoms with van der Waals surface area (Å²) in [7, 11) is 0. The number of rotatable bonds is 7. The molecule has 36 heavy (non-hydrogen) atoms. The number of anilines is 2. The van der Waals surface area contributed by atoms with Crippen LogP contribution in [-0.2, 0) is 16.0 Å². The minimum absolute atomic E-state index is 0.0153. The van der Waals surface area contributed by atoms with Crippen molar-refractivity contribution in [1.82, 2.24) is 10.1 Å². The third kappa shape index (κ3) is 5.66. The van der Waals surface area contributed by atoms with E-state index in [1.165, 1.54) is 18.2 Å². The van der Waals surface area contributed by atoms with Crippen molar-refractivity contribution < 1.29 is 22.8 Å². The quantitative estimate of drug-likeness (QED) is 0.450. The fourth-order valence-electron chi connectivity index (χ4n) is 4.50. The molecular formula is C26H28F2N4O3S. The summed E-state index contributed by atoms with van der Waals surface area (Å²) in [6.45, 7) is 4.00. The number of morpholine rings is 1. The van der Waals surface area contributed by atoms with Crippen molar-refractivity contribution in [1.29, 1.82) is 0 Å². The van der Waals surface area contributed by atoms with Gasteiger partial charge in [-0.25, -0.2) is 8.78 Å². The van der Waals surface area contributed by atoms with E-state index in [-0.39, 0.29) is 17.7 Å². The molecule has 2 saturated heterocycles. The molecule has 7 nitrogen and oxygen atoms in total. The highest BCUT2D eigenvalue weighted by Gasteiger charge is 2.29. The summed E-state index contributed by atoms with van der Waals surface area (Å²) in [5.41, 5.74) is 2.22. The van der Waals surface area contributed by atoms with Gasteiger partial charge in [-0.05, 0) is 61.5 Å². The third-order valence-corrected chi connectivity index (χ3v) is 6.73. The molecule has 2 fully saturated rings. The predicted octanol–water partition coefficient (Wildman–Crippen LogP) is 4.83. The van der Waals surface area contributed by atoms with Crippen molar-refractivity contribution in [2.75, 3.05) is 49.7 Å². The van der Waals surface area contributed by atoms with Crippen LogP contribution >= 0.6 is 12.2 Å². The molecule has 5 rings (SSSR count). The van der Waals surface area contributed by atoms with Gasteiger partial charge in [0.15, 0.2) is 5.11 Å². The molecule has 1 N–H and O–H groups in total. The lowest BCUT2D eigenvalue weighted by atomic mass is 10.1. The first-order valence-electron chi connectivity index (χ1n) is 12.1. The average Bonchev–Trinajstić information content (AvgIpc) is 3.56. The second kappa shape index (κ2) is 11.3. The van der Waals surface area contributed by atoms with Gasteiger partial charge in [0.1, 0.15) is 17.3 Å². The first kappa shape index (κ1) is 24.6. The van der Waals surface area contributed by atoms with Crippen molar-refractivity contribution >= 4 is 28.9 Å². The van der Waals surface area contributed by atoms with Crippen LogP contribution in [0, 0.1) is 11.6 Å². The monoisotopic (exact) mass is 514 g/mol. The van der Waals surface area contributed by atoms with Gasteiger partial charge in [0.25, 0.3) is 0 Å². The highest BCUT2D eigenvalue weighted by molar-refractivity contribution is 7.80. The number of benzene rings is 2. The van der Waals surface area contributed by atoms with Crippen LogP contribution in [0.4, 0.5) is 20.4 Å². The summed E-state index contributed by atoms with van der Waals surface area (Å²) >= 11 is 5.79. The molecule has 3 aromatic rings. The van der Waals surface area contributed by atoms with Gasteiger partial charge in [-0.2, -0.15) is 0 Å². The molecule has 0 spiro atoms. The SMILES string of the molecule is Fc1ccc(NC(=S)N(Cc2c(-c3ccccc3F)noc2N2CCOCC2)CC2CCCO2)cc1. The maximum absolute atomic E-state index is 14.8. The largest absolute Gasteiger partial charge is 0.378 e. The maximum Gasteiger partial charge on any atom is 0.233 e. The van der Waals surface area contributed by atoms with Gasteiger partial charge in [-0.15, -0.1) is 0 Å². The highest BCUT2D eigenvalue weighted by atomic mass is 32.1. The molecule has 0 bridgehead atoms. The topological polar surface area (TPSA) is 63.0 Å². The van der Waals surface area contributed by atoms with Crippen LogP contribution in [0.2, 0.25) is 0 Å². The Morgan fingerprint density at radius 3 is 2.58 bits per heavy atom. The zero-order chi connectivity index (χ0) is 24.9. The van der Waals surface area contributed by atoms with Crippen LogP contribution < -0.4 is 10.2 Å². The lowest BCUT2D eigenvalue weighted by Crippen LogP contribution is -2.40. The van der Waals surface area contributed by atoms with Crippen molar-refractivity contribution in [3.63, 3.8) is 0 Å². The van der Waals surface area contributed by atoms with Crippen LogP contribution in [0.5, 0.6) is 0 Å². The molecule has 0 amide bonds. The molecule has 10 heteroatoms. The Hall–Kier alpha value is -3.08. The van der Waals surface area contributed by atoms with Crippen LogP contribution in [0.25, 0.3) is 11.3 Å². The fourth-order valence-corrected chi connectivity index (χ4v) is 4.76. The van der Waals surface area contributed by atoms with E-state index in [0.717, 1.165) is 18.4 Å². The van der Waals surface area contributed by atoms with Crippen molar-refractivity contribution in [3.8, 4) is 11.3 Å². The molecule has 1 atom stereocenters. The molecule has 3 heterocycles. The highest BCUT2D eigenvalue weighted by Crippen LogP contribution is 2.34. The lowest BCUT2D eigenvalue weighted by molar-refractivity contribution is 0.0904. The zero-order valence-corrected chi connectivity index (χ0v) is 20.6. The summed E-state index contributed by atoms with van der Waals surface area (Å²) in [4.78, 5) is 4.05. The van der Waals surface area contributed by atoms with Crippen molar-refractivity contribution in [2.45, 2.75) is 25.5 Å². The first-order chi connectivity index (χ1) is 17.6. The summed E-state index contributed by atoms with van der Waals surface area (Å²) in [6.07, 6.45) is 1.93. The van der Waals surface area contributed by atoms with E-state index >= 15 is 0 Å². The summed E-state index contributed by atoms with van der Waals surface area (Å²) in [6, 6.07) is 12.5. The lowest BCUT2D eigenvalue weighted by Gasteiger charge is -2.30. The number of nitrogens with zero attached hydrogens (tertiary/aromatic N) is 3. The van der Waals surface area contributed by atoms with Crippen LogP contribution in [0.1, 0.15) is 18.4 Å². The van der Waals surface area contributed by atoms with Crippen LogP contribution in [0.15, 0.2) is 53.1 Å². The van der Waals surface area contributed by atoms with E-state index in [2.05, 4.69) is 15.4 Å². The van der Waals surface area contributed by atoms with E-state index in [1.54, 1.807) is 30.3 Å². The van der Waals surface area contributed by atoms with E-state index in [1.807, 2.05) is 4.90 Å². The van der Waals surface area contributed by atoms with E-state index in [4.69, 9.17) is 26.2 Å². The fraction of sp³-hybridized carbons (Fsp3) is 0.385. The number of hydrogen-bond acceptors (Lipinski definition) is 6. The minimum Gasteiger partial charge on any atom is -0.378 e. The van der Waals surface area contributed by atoms with Crippen LogP contribution in [0.3, 0.4) is 0 Å². The number of nitrogens with one attached hydrogen (secondary N) is 1. The van der Waals surface area contributed by atoms with Gasteiger partial charge in [0.2, 0.25) is 5.88 Å². The third-order valence-electron chi connectivity index (χ3n) is 6.37. The van der Waals surface area contributed by atoms with Crippen LogP contribution in [-0.4, -0.2) is 60.7 Å². The molecule has 2 aliphatic heterocycles. The second-order valence-corrected chi connectivity index (χ2v) is 9.23. The second-order valence-electron chi connectivity index (χ2n) is 8.85. The number of halogens is 2. The Labute approximate surface area is 214 Å². The van der Waals surface area contributed by atoms with Gasteiger partial charge < -0.3 is 29.1 Å². The smallest absolute Gasteiger partial charge is 0.233 e. The zero-order valence-electron chi connectivity index (χ0n) is 19.8. The van der Waals surface area contributed by atoms with E-state index in [9.17, 15) is 8.78 Å². The van der Waals surface area contributed by atoms with E-state index in [0.29, 0.717) is 73.9 Å². The van der Waals surface area contributed by atoms with Gasteiger partial charge in [-0.3, -0.25) is 0 Å². The normalized spacial score (nSPS) is 17.8. The Morgan fingerprint density at radius 2 is 1.86 bits per heavy atom. The standard InChI is InChI=1S/C26H28F2N4O3S/c27-18-7-9-19(10-8-18)29-26(36)32(16-20-4-3-13-34-20)17-22-24(21-5-1-2-6-23(21)28)30-35-25(22)31-11-14-33-15-12-31/h1-2,5-10,20H,3-4,11-17H2,(H,29,36). The van der Waals surface area contributed by atoms with Gasteiger partial charge in [-0.1, -0.05) is 17.3 Å². The molecule has 1 aromatic heterocycles. The van der Waals surface area contributed by atoms with Gasteiger partial charge >= 0.3 is 0 Å². The molecule has 190 valence electrons. The molecule has 1 unspecified atom stereocenters. The minimum atomic E-state index is -0.377. The molecule has 2 aromatic carbocycles. The Kier molecular flexibility index (Phi) is 7.74. The number of thiocarbonyl (C=S) groups is 1. The summed E-state index contributed by atoms with van der Waals surface area (Å²) in [5, 5.41) is 7.95. The maximum atomic E-state index is 14.8. The Morgan fingerprint density at radius 1 is 1.08 bits per heavy atom. The van der Waals surface area contributed by atoms with Crippen molar-refractivity contribution in [2.24, 2.45) is 0 Å². The Balaban J connectivity index is 1.48. The van der Waals surface area contributed by atoms with Crippen molar-refractivity contribution in [3.05, 3.63) is 65.7 Å². The first-order valence-corrected chi connectivity index (χ1v) is 12.5. The molecule has 0 radical (unpaired) electrons. The average molecular weight is 515 g/mol. The Bertz CT molecular complexity index is 1180. The summed E-state index contributed by atoms with van der Waals surface area (Å²) in [5.74, 6) is -0.117. The number of ether oxygens (including phenoxy) is 2. The van der Waals surface area contributed by atoms with E-state index < -0.39 is 0 Å². The molecule has 0 aliphatic carbocycles. The molecule has 2 aliphatic rings. The predicted molar refractivity (Wildman–Crippen MR) is 137 cm³/mol. The number of aromatic nitrogens is 1. The molecular weight excluding hydrogens is 486 g/mol. The number of hydrogen-bond donors (Lipinski definition) is 1. The molecule has 0 saturated carbocycles.